The van der Waals surface area contributed by atoms with Crippen LogP contribution in [0.3, 0.4) is 0 Å². The van der Waals surface area contributed by atoms with Crippen LogP contribution in [0.1, 0.15) is 52.4 Å². The Kier molecular flexibility index (Phi) is 6.28. The molecule has 10 heteroatoms. The standard InChI is InChI=1S/C27H24Cl2N2O5S/c1-13-18(24(31-36-13)23-19(28)3-2-4-20(23)29)12-35-17-10-15-6-7-16(11-17)27(15,34)26-30-21-8-5-14(25(32)33)9-22(21)37-26/h2-5,8-9,15-17,34H,6-7,10-12H2,1H3,(H,32,33)/t15-,16+,17-,27+. The van der Waals surface area contributed by atoms with Gasteiger partial charge in [-0.1, -0.05) is 34.4 Å². The third-order valence-electron chi connectivity index (χ3n) is 7.83. The van der Waals surface area contributed by atoms with Gasteiger partial charge in [-0.25, -0.2) is 9.78 Å². The van der Waals surface area contributed by atoms with Crippen LogP contribution in [0.4, 0.5) is 0 Å². The molecule has 0 radical (unpaired) electrons. The molecule has 4 atom stereocenters. The third kappa shape index (κ3) is 4.15. The van der Waals surface area contributed by atoms with Crippen LogP contribution in [0.15, 0.2) is 40.9 Å². The summed E-state index contributed by atoms with van der Waals surface area (Å²) < 4.78 is 12.6. The Morgan fingerprint density at radius 1 is 1.19 bits per heavy atom. The van der Waals surface area contributed by atoms with Gasteiger partial charge in [-0.05, 0) is 74.8 Å². The summed E-state index contributed by atoms with van der Waals surface area (Å²) in [4.78, 5) is 16.1. The number of hydrogen-bond donors (Lipinski definition) is 2. The SMILES string of the molecule is Cc1onc(-c2c(Cl)cccc2Cl)c1CO[C@@H]1C[C@H]2CC[C@@H](C1)[C@]2(O)c1nc2ccc(C(=O)O)cc2s1. The van der Waals surface area contributed by atoms with Gasteiger partial charge < -0.3 is 19.5 Å². The van der Waals surface area contributed by atoms with Crippen molar-refractivity contribution in [2.75, 3.05) is 0 Å². The number of benzene rings is 2. The summed E-state index contributed by atoms with van der Waals surface area (Å²) >= 11 is 14.2. The van der Waals surface area contributed by atoms with Crippen LogP contribution in [-0.2, 0) is 16.9 Å². The van der Waals surface area contributed by atoms with Crippen molar-refractivity contribution < 1.29 is 24.3 Å². The zero-order chi connectivity index (χ0) is 25.9. The number of thiazole rings is 1. The summed E-state index contributed by atoms with van der Waals surface area (Å²) in [5, 5.41) is 27.1. The van der Waals surface area contributed by atoms with E-state index in [0.29, 0.717) is 57.0 Å². The molecule has 2 aromatic carbocycles. The molecule has 2 heterocycles. The lowest BCUT2D eigenvalue weighted by molar-refractivity contribution is -0.116. The first kappa shape index (κ1) is 24.8. The fourth-order valence-electron chi connectivity index (χ4n) is 5.90. The number of aromatic carboxylic acids is 1. The highest BCUT2D eigenvalue weighted by Gasteiger charge is 2.56. The molecule has 0 amide bonds. The van der Waals surface area contributed by atoms with E-state index in [1.807, 2.05) is 6.92 Å². The fourth-order valence-corrected chi connectivity index (χ4v) is 7.73. The number of ether oxygens (including phenoxy) is 1. The number of fused-ring (bicyclic) bond motifs is 3. The minimum Gasteiger partial charge on any atom is -0.478 e. The molecule has 2 bridgehead atoms. The number of aliphatic hydroxyl groups is 1. The van der Waals surface area contributed by atoms with Crippen molar-refractivity contribution in [3.8, 4) is 11.3 Å². The maximum atomic E-state index is 11.9. The second-order valence-corrected chi connectivity index (χ2v) is 11.7. The average molecular weight is 559 g/mol. The van der Waals surface area contributed by atoms with Crippen LogP contribution in [0.25, 0.3) is 21.5 Å². The first-order valence-electron chi connectivity index (χ1n) is 12.1. The largest absolute Gasteiger partial charge is 0.478 e. The number of halogens is 2. The fraction of sp³-hybridized carbons (Fsp3) is 0.370. The molecule has 6 rings (SSSR count). The summed E-state index contributed by atoms with van der Waals surface area (Å²) in [7, 11) is 0. The number of aromatic nitrogens is 2. The van der Waals surface area contributed by atoms with Crippen molar-refractivity contribution in [1.29, 1.82) is 0 Å². The Morgan fingerprint density at radius 2 is 1.89 bits per heavy atom. The first-order valence-corrected chi connectivity index (χ1v) is 13.7. The Morgan fingerprint density at radius 3 is 2.57 bits per heavy atom. The molecule has 0 unspecified atom stereocenters. The number of rotatable bonds is 6. The van der Waals surface area contributed by atoms with Crippen molar-refractivity contribution in [1.82, 2.24) is 10.1 Å². The molecular formula is C27H24Cl2N2O5S. The van der Waals surface area contributed by atoms with E-state index >= 15 is 0 Å². The quantitative estimate of drug-likeness (QED) is 0.266. The summed E-state index contributed by atoms with van der Waals surface area (Å²) in [5.74, 6) is -0.304. The molecule has 2 aromatic heterocycles. The molecule has 0 spiro atoms. The van der Waals surface area contributed by atoms with Gasteiger partial charge in [-0.2, -0.15) is 0 Å². The van der Waals surface area contributed by atoms with E-state index in [0.717, 1.165) is 23.1 Å². The van der Waals surface area contributed by atoms with E-state index in [-0.39, 0.29) is 23.5 Å². The van der Waals surface area contributed by atoms with Crippen LogP contribution >= 0.6 is 34.5 Å². The summed E-state index contributed by atoms with van der Waals surface area (Å²) in [6.45, 7) is 2.14. The molecule has 2 aliphatic carbocycles. The minimum absolute atomic E-state index is 0.0109. The molecule has 0 saturated heterocycles. The van der Waals surface area contributed by atoms with Gasteiger partial charge in [0.15, 0.2) is 0 Å². The molecule has 192 valence electrons. The van der Waals surface area contributed by atoms with E-state index in [1.54, 1.807) is 36.4 Å². The van der Waals surface area contributed by atoms with E-state index in [4.69, 9.17) is 37.4 Å². The van der Waals surface area contributed by atoms with Gasteiger partial charge in [-0.3, -0.25) is 0 Å². The predicted octanol–water partition coefficient (Wildman–Crippen LogP) is 6.86. The number of carboxylic acids is 1. The molecule has 2 aliphatic rings. The first-order chi connectivity index (χ1) is 17.8. The second kappa shape index (κ2) is 9.36. The third-order valence-corrected chi connectivity index (χ3v) is 9.62. The van der Waals surface area contributed by atoms with Gasteiger partial charge in [0.2, 0.25) is 0 Å². The normalized spacial score (nSPS) is 25.1. The molecule has 7 nitrogen and oxygen atoms in total. The van der Waals surface area contributed by atoms with Gasteiger partial charge in [0.05, 0.1) is 38.5 Å². The monoisotopic (exact) mass is 558 g/mol. The smallest absolute Gasteiger partial charge is 0.335 e. The van der Waals surface area contributed by atoms with Crippen molar-refractivity contribution in [2.45, 2.75) is 50.9 Å². The molecule has 4 aromatic rings. The van der Waals surface area contributed by atoms with Gasteiger partial charge in [0, 0.05) is 11.1 Å². The highest BCUT2D eigenvalue weighted by Crippen LogP contribution is 2.56. The van der Waals surface area contributed by atoms with E-state index < -0.39 is 11.6 Å². The maximum Gasteiger partial charge on any atom is 0.335 e. The van der Waals surface area contributed by atoms with E-state index in [9.17, 15) is 15.0 Å². The van der Waals surface area contributed by atoms with Crippen LogP contribution < -0.4 is 0 Å². The van der Waals surface area contributed by atoms with Crippen molar-refractivity contribution in [3.63, 3.8) is 0 Å². The van der Waals surface area contributed by atoms with E-state index in [2.05, 4.69) is 5.16 Å². The number of aryl methyl sites for hydroxylation is 1. The lowest BCUT2D eigenvalue weighted by atomic mass is 9.73. The molecule has 2 N–H and O–H groups in total. The second-order valence-electron chi connectivity index (χ2n) is 9.87. The van der Waals surface area contributed by atoms with Crippen LogP contribution in [0.5, 0.6) is 0 Å². The van der Waals surface area contributed by atoms with Crippen molar-refractivity contribution >= 4 is 50.7 Å². The van der Waals surface area contributed by atoms with Crippen molar-refractivity contribution in [2.24, 2.45) is 11.8 Å². The topological polar surface area (TPSA) is 106 Å². The summed E-state index contributed by atoms with van der Waals surface area (Å²) in [6, 6.07) is 10.2. The number of carboxylic acid groups (broad SMARTS) is 1. The highest BCUT2D eigenvalue weighted by molar-refractivity contribution is 7.18. The number of hydrogen-bond acceptors (Lipinski definition) is 7. The van der Waals surface area contributed by atoms with Gasteiger partial charge in [-0.15, -0.1) is 11.3 Å². The summed E-state index contributed by atoms with van der Waals surface area (Å²) in [6.07, 6.45) is 3.16. The molecular weight excluding hydrogens is 535 g/mol. The number of nitrogens with zero attached hydrogens (tertiary/aromatic N) is 2. The highest BCUT2D eigenvalue weighted by atomic mass is 35.5. The van der Waals surface area contributed by atoms with Gasteiger partial charge in [0.1, 0.15) is 22.1 Å². The predicted molar refractivity (Wildman–Crippen MR) is 141 cm³/mol. The van der Waals surface area contributed by atoms with Gasteiger partial charge >= 0.3 is 5.97 Å². The van der Waals surface area contributed by atoms with Gasteiger partial charge in [0.25, 0.3) is 0 Å². The zero-order valence-corrected chi connectivity index (χ0v) is 22.2. The molecule has 2 saturated carbocycles. The average Bonchev–Trinajstić information content (AvgIpc) is 3.49. The van der Waals surface area contributed by atoms with E-state index in [1.165, 1.54) is 11.3 Å². The lowest BCUT2D eigenvalue weighted by Crippen LogP contribution is -2.44. The Balaban J connectivity index is 1.21. The Labute approximate surface area is 227 Å². The molecule has 0 aliphatic heterocycles. The molecule has 37 heavy (non-hydrogen) atoms. The van der Waals surface area contributed by atoms with Crippen LogP contribution in [-0.4, -0.2) is 32.4 Å². The van der Waals surface area contributed by atoms with Crippen LogP contribution in [0.2, 0.25) is 10.0 Å². The minimum atomic E-state index is -1.03. The number of carbonyl (C=O) groups is 1. The summed E-state index contributed by atoms with van der Waals surface area (Å²) in [5.41, 5.74) is 1.92. The Hall–Kier alpha value is -2.49. The van der Waals surface area contributed by atoms with Crippen LogP contribution in [0, 0.1) is 18.8 Å². The maximum absolute atomic E-state index is 11.9. The van der Waals surface area contributed by atoms with Crippen molar-refractivity contribution in [3.05, 3.63) is 68.3 Å². The Bertz CT molecular complexity index is 1480. The molecule has 2 fully saturated rings. The zero-order valence-electron chi connectivity index (χ0n) is 19.9. The lowest BCUT2D eigenvalue weighted by Gasteiger charge is -2.41.